The number of fused-ring (bicyclic) bond motifs is 5. The van der Waals surface area contributed by atoms with Crippen LogP contribution in [0.4, 0.5) is 0 Å². The standard InChI is InChI=1S/C15H21NO/c16-9-14(5-2-6-14)15(17)8-10-7-13(15)12-4-1-3-11(10)12/h10-13,17H,1-8H2. The van der Waals surface area contributed by atoms with Gasteiger partial charge < -0.3 is 5.11 Å². The quantitative estimate of drug-likeness (QED) is 0.754. The van der Waals surface area contributed by atoms with Crippen LogP contribution >= 0.6 is 0 Å². The van der Waals surface area contributed by atoms with Crippen LogP contribution in [0.3, 0.4) is 0 Å². The van der Waals surface area contributed by atoms with E-state index in [0.717, 1.165) is 43.4 Å². The lowest BCUT2D eigenvalue weighted by Crippen LogP contribution is -2.57. The Bertz CT molecular complexity index is 394. The van der Waals surface area contributed by atoms with Gasteiger partial charge in [-0.05, 0) is 62.2 Å². The third kappa shape index (κ3) is 1.02. The maximum atomic E-state index is 11.2. The Balaban J connectivity index is 1.71. The van der Waals surface area contributed by atoms with Gasteiger partial charge in [-0.1, -0.05) is 12.8 Å². The molecule has 2 nitrogen and oxygen atoms in total. The van der Waals surface area contributed by atoms with Crippen molar-refractivity contribution in [3.8, 4) is 6.07 Å². The Morgan fingerprint density at radius 1 is 1.12 bits per heavy atom. The number of aliphatic hydroxyl groups is 1. The van der Waals surface area contributed by atoms with Crippen LogP contribution in [0.15, 0.2) is 0 Å². The maximum Gasteiger partial charge on any atom is 0.0866 e. The Morgan fingerprint density at radius 2 is 1.88 bits per heavy atom. The molecule has 17 heavy (non-hydrogen) atoms. The minimum Gasteiger partial charge on any atom is -0.388 e. The molecule has 5 unspecified atom stereocenters. The summed E-state index contributed by atoms with van der Waals surface area (Å²) in [7, 11) is 0. The summed E-state index contributed by atoms with van der Waals surface area (Å²) in [6, 6.07) is 2.51. The van der Waals surface area contributed by atoms with Gasteiger partial charge in [-0.25, -0.2) is 0 Å². The highest BCUT2D eigenvalue weighted by Crippen LogP contribution is 2.69. The predicted molar refractivity (Wildman–Crippen MR) is 63.9 cm³/mol. The van der Waals surface area contributed by atoms with Crippen LogP contribution in [-0.4, -0.2) is 10.7 Å². The molecule has 2 heteroatoms. The Morgan fingerprint density at radius 3 is 2.53 bits per heavy atom. The molecule has 0 saturated heterocycles. The molecule has 0 aromatic rings. The van der Waals surface area contributed by atoms with Crippen molar-refractivity contribution in [1.29, 1.82) is 5.26 Å². The molecule has 2 bridgehead atoms. The van der Waals surface area contributed by atoms with Gasteiger partial charge in [0, 0.05) is 0 Å². The van der Waals surface area contributed by atoms with E-state index in [-0.39, 0.29) is 5.41 Å². The molecule has 0 heterocycles. The third-order valence-corrected chi connectivity index (χ3v) is 6.74. The molecular formula is C15H21NO. The largest absolute Gasteiger partial charge is 0.388 e. The second kappa shape index (κ2) is 3.06. The topological polar surface area (TPSA) is 44.0 Å². The number of nitriles is 1. The van der Waals surface area contributed by atoms with Gasteiger partial charge in [0.1, 0.15) is 0 Å². The highest BCUT2D eigenvalue weighted by atomic mass is 16.3. The third-order valence-electron chi connectivity index (χ3n) is 6.74. The van der Waals surface area contributed by atoms with Gasteiger partial charge in [0.05, 0.1) is 17.1 Å². The smallest absolute Gasteiger partial charge is 0.0866 e. The second-order valence-electron chi connectivity index (χ2n) is 7.04. The van der Waals surface area contributed by atoms with Gasteiger partial charge in [0.25, 0.3) is 0 Å². The molecule has 1 N–H and O–H groups in total. The molecule has 0 aliphatic heterocycles. The van der Waals surface area contributed by atoms with E-state index in [2.05, 4.69) is 6.07 Å². The first kappa shape index (κ1) is 10.4. The van der Waals surface area contributed by atoms with Crippen molar-refractivity contribution in [3.05, 3.63) is 0 Å². The summed E-state index contributed by atoms with van der Waals surface area (Å²) in [6.07, 6.45) is 9.25. The van der Waals surface area contributed by atoms with E-state index in [0.29, 0.717) is 5.92 Å². The zero-order valence-corrected chi connectivity index (χ0v) is 10.4. The zero-order chi connectivity index (χ0) is 11.7. The molecule has 4 aliphatic carbocycles. The zero-order valence-electron chi connectivity index (χ0n) is 10.4. The monoisotopic (exact) mass is 231 g/mol. The molecule has 0 amide bonds. The van der Waals surface area contributed by atoms with Gasteiger partial charge in [-0.15, -0.1) is 0 Å². The van der Waals surface area contributed by atoms with Crippen LogP contribution in [0.1, 0.15) is 51.4 Å². The fourth-order valence-electron chi connectivity index (χ4n) is 5.84. The molecule has 4 aliphatic rings. The average Bonchev–Trinajstić information content (AvgIpc) is 2.85. The normalized spacial score (nSPS) is 54.1. The van der Waals surface area contributed by atoms with Crippen LogP contribution in [0.2, 0.25) is 0 Å². The summed E-state index contributed by atoms with van der Waals surface area (Å²) in [5, 5.41) is 20.7. The van der Waals surface area contributed by atoms with E-state index in [1.165, 1.54) is 25.7 Å². The van der Waals surface area contributed by atoms with Crippen LogP contribution in [-0.2, 0) is 0 Å². The van der Waals surface area contributed by atoms with Crippen LogP contribution in [0.25, 0.3) is 0 Å². The molecule has 4 fully saturated rings. The van der Waals surface area contributed by atoms with Crippen molar-refractivity contribution in [2.24, 2.45) is 29.1 Å². The van der Waals surface area contributed by atoms with E-state index in [4.69, 9.17) is 0 Å². The summed E-state index contributed by atoms with van der Waals surface area (Å²) >= 11 is 0. The van der Waals surface area contributed by atoms with Gasteiger partial charge in [-0.2, -0.15) is 5.26 Å². The Labute approximate surface area is 103 Å². The minimum absolute atomic E-state index is 0.361. The average molecular weight is 231 g/mol. The number of hydrogen-bond acceptors (Lipinski definition) is 2. The second-order valence-corrected chi connectivity index (χ2v) is 7.04. The van der Waals surface area contributed by atoms with Crippen molar-refractivity contribution in [1.82, 2.24) is 0 Å². The molecular weight excluding hydrogens is 210 g/mol. The lowest BCUT2D eigenvalue weighted by atomic mass is 9.53. The first-order valence-corrected chi connectivity index (χ1v) is 7.34. The number of nitrogens with zero attached hydrogens (tertiary/aromatic N) is 1. The van der Waals surface area contributed by atoms with E-state index < -0.39 is 5.60 Å². The summed E-state index contributed by atoms with van der Waals surface area (Å²) in [5.74, 6) is 2.85. The molecule has 92 valence electrons. The highest BCUT2D eigenvalue weighted by molar-refractivity contribution is 5.24. The lowest BCUT2D eigenvalue weighted by molar-refractivity contribution is -0.148. The summed E-state index contributed by atoms with van der Waals surface area (Å²) in [4.78, 5) is 0. The van der Waals surface area contributed by atoms with E-state index in [1.54, 1.807) is 0 Å². The van der Waals surface area contributed by atoms with E-state index in [9.17, 15) is 10.4 Å². The summed E-state index contributed by atoms with van der Waals surface area (Å²) in [5.41, 5.74) is -0.976. The summed E-state index contributed by atoms with van der Waals surface area (Å²) in [6.45, 7) is 0. The van der Waals surface area contributed by atoms with Crippen molar-refractivity contribution in [2.45, 2.75) is 57.0 Å². The number of rotatable bonds is 1. The fourth-order valence-corrected chi connectivity index (χ4v) is 5.84. The Kier molecular flexibility index (Phi) is 1.87. The van der Waals surface area contributed by atoms with Crippen LogP contribution in [0, 0.1) is 40.4 Å². The van der Waals surface area contributed by atoms with Crippen molar-refractivity contribution in [3.63, 3.8) is 0 Å². The van der Waals surface area contributed by atoms with Gasteiger partial charge in [0.15, 0.2) is 0 Å². The molecule has 0 spiro atoms. The fraction of sp³-hybridized carbons (Fsp3) is 0.933. The minimum atomic E-state index is -0.615. The number of hydrogen-bond donors (Lipinski definition) is 1. The predicted octanol–water partition coefficient (Wildman–Crippen LogP) is 2.87. The van der Waals surface area contributed by atoms with Crippen molar-refractivity contribution in [2.75, 3.05) is 0 Å². The van der Waals surface area contributed by atoms with Crippen LogP contribution < -0.4 is 0 Å². The van der Waals surface area contributed by atoms with Gasteiger partial charge in [0.2, 0.25) is 0 Å². The Hall–Kier alpha value is -0.550. The SMILES string of the molecule is N#CC1(C2(O)CC3CC2C2CCCC32)CCC1. The first-order chi connectivity index (χ1) is 8.20. The van der Waals surface area contributed by atoms with E-state index >= 15 is 0 Å². The van der Waals surface area contributed by atoms with Crippen molar-refractivity contribution >= 4 is 0 Å². The van der Waals surface area contributed by atoms with E-state index in [1.807, 2.05) is 0 Å². The van der Waals surface area contributed by atoms with Crippen molar-refractivity contribution < 1.29 is 5.11 Å². The lowest BCUT2D eigenvalue weighted by Gasteiger charge is -2.53. The van der Waals surface area contributed by atoms with Crippen LogP contribution in [0.5, 0.6) is 0 Å². The summed E-state index contributed by atoms with van der Waals surface area (Å²) < 4.78 is 0. The first-order valence-electron chi connectivity index (χ1n) is 7.34. The maximum absolute atomic E-state index is 11.2. The molecule has 5 atom stereocenters. The highest BCUT2D eigenvalue weighted by Gasteiger charge is 2.68. The molecule has 0 radical (unpaired) electrons. The molecule has 0 aromatic heterocycles. The molecule has 4 saturated carbocycles. The van der Waals surface area contributed by atoms with Gasteiger partial charge in [-0.3, -0.25) is 0 Å². The van der Waals surface area contributed by atoms with Gasteiger partial charge >= 0.3 is 0 Å². The molecule has 0 aromatic carbocycles. The molecule has 4 rings (SSSR count).